The number of hydrogen-bond donors (Lipinski definition) is 2. The fourth-order valence-corrected chi connectivity index (χ4v) is 0.536. The molecule has 0 aliphatic carbocycles. The molecule has 0 saturated carbocycles. The quantitative estimate of drug-likeness (QED) is 0.357. The van der Waals surface area contributed by atoms with E-state index in [9.17, 15) is 4.79 Å². The minimum atomic E-state index is -0.218. The van der Waals surface area contributed by atoms with Gasteiger partial charge in [0.15, 0.2) is 0 Å². The van der Waals surface area contributed by atoms with Gasteiger partial charge < -0.3 is 5.32 Å². The number of amides is 1. The van der Waals surface area contributed by atoms with E-state index in [0.717, 1.165) is 6.42 Å². The zero-order valence-electron chi connectivity index (χ0n) is 6.13. The van der Waals surface area contributed by atoms with Crippen molar-refractivity contribution in [3.8, 4) is 0 Å². The van der Waals surface area contributed by atoms with Crippen molar-refractivity contribution in [2.24, 2.45) is 0 Å². The summed E-state index contributed by atoms with van der Waals surface area (Å²) in [5.74, 6) is -0.0230. The van der Waals surface area contributed by atoms with E-state index in [0.29, 0.717) is 6.54 Å². The highest BCUT2D eigenvalue weighted by molar-refractivity contribution is 7.81. The van der Waals surface area contributed by atoms with Gasteiger partial charge in [0.1, 0.15) is 0 Å². The Labute approximate surface area is 67.1 Å². The first-order valence-corrected chi connectivity index (χ1v) is 3.76. The van der Waals surface area contributed by atoms with Crippen LogP contribution in [0.4, 0.5) is 0 Å². The summed E-state index contributed by atoms with van der Waals surface area (Å²) in [6, 6.07) is 0. The molecule has 0 rings (SSSR count). The summed E-state index contributed by atoms with van der Waals surface area (Å²) in [6.45, 7) is 5.93. The first-order valence-electron chi connectivity index (χ1n) is 3.25. The second-order valence-electron chi connectivity index (χ2n) is 2.04. The molecule has 1 amide bonds. The lowest BCUT2D eigenvalue weighted by molar-refractivity contribution is -0.120. The van der Waals surface area contributed by atoms with E-state index in [1.54, 1.807) is 13.0 Å². The van der Waals surface area contributed by atoms with Gasteiger partial charge in [-0.25, -0.2) is 0 Å². The zero-order chi connectivity index (χ0) is 7.98. The third-order valence-corrected chi connectivity index (χ3v) is 1.26. The second kappa shape index (κ2) is 5.35. The Morgan fingerprint density at radius 2 is 2.50 bits per heavy atom. The number of nitrogens with one attached hydrogen (secondary N) is 1. The smallest absolute Gasteiger partial charge is 0.232 e. The molecular formula is C7H13NOS. The van der Waals surface area contributed by atoms with Crippen LogP contribution in [0.5, 0.6) is 0 Å². The molecule has 0 bridgehead atoms. The Balaban J connectivity index is 3.30. The normalized spacial score (nSPS) is 12.2. The molecule has 1 unspecified atom stereocenters. The van der Waals surface area contributed by atoms with Crippen molar-refractivity contribution in [3.05, 3.63) is 12.7 Å². The molecule has 10 heavy (non-hydrogen) atoms. The number of carbonyl (C=O) groups excluding carboxylic acids is 1. The van der Waals surface area contributed by atoms with Crippen LogP contribution in [0.25, 0.3) is 0 Å². The molecule has 1 N–H and O–H groups in total. The summed E-state index contributed by atoms with van der Waals surface area (Å²) < 4.78 is 0. The van der Waals surface area contributed by atoms with Gasteiger partial charge in [-0.3, -0.25) is 4.79 Å². The number of rotatable bonds is 4. The van der Waals surface area contributed by atoms with E-state index in [1.165, 1.54) is 0 Å². The fraction of sp³-hybridized carbons (Fsp3) is 0.571. The third-order valence-electron chi connectivity index (χ3n) is 1.03. The molecule has 58 valence electrons. The van der Waals surface area contributed by atoms with Gasteiger partial charge in [0, 0.05) is 6.54 Å². The summed E-state index contributed by atoms with van der Waals surface area (Å²) in [4.78, 5) is 10.8. The van der Waals surface area contributed by atoms with E-state index < -0.39 is 0 Å². The maximum absolute atomic E-state index is 10.8. The molecule has 0 aromatic heterocycles. The van der Waals surface area contributed by atoms with Crippen molar-refractivity contribution in [3.63, 3.8) is 0 Å². The van der Waals surface area contributed by atoms with Crippen LogP contribution in [0.3, 0.4) is 0 Å². The van der Waals surface area contributed by atoms with Gasteiger partial charge in [0.2, 0.25) is 5.91 Å². The van der Waals surface area contributed by atoms with Crippen molar-refractivity contribution in [2.75, 3.05) is 6.54 Å². The maximum atomic E-state index is 10.8. The SMILES string of the molecule is C=CCCNC(=O)C(C)S. The molecule has 3 heteroatoms. The van der Waals surface area contributed by atoms with Crippen LogP contribution in [-0.2, 0) is 4.79 Å². The molecule has 2 nitrogen and oxygen atoms in total. The van der Waals surface area contributed by atoms with E-state index in [4.69, 9.17) is 0 Å². The van der Waals surface area contributed by atoms with Crippen molar-refractivity contribution in [1.29, 1.82) is 0 Å². The summed E-state index contributed by atoms with van der Waals surface area (Å²) >= 11 is 3.96. The molecule has 0 radical (unpaired) electrons. The Bertz CT molecular complexity index is 123. The standard InChI is InChI=1S/C7H13NOS/c1-3-4-5-8-7(9)6(2)10/h3,6,10H,1,4-5H2,2H3,(H,8,9). The van der Waals surface area contributed by atoms with Gasteiger partial charge in [0.25, 0.3) is 0 Å². The first kappa shape index (κ1) is 9.56. The van der Waals surface area contributed by atoms with Crippen molar-refractivity contribution < 1.29 is 4.79 Å². The number of thiol groups is 1. The zero-order valence-corrected chi connectivity index (χ0v) is 7.03. The number of carbonyl (C=O) groups is 1. The van der Waals surface area contributed by atoms with Crippen LogP contribution in [0.15, 0.2) is 12.7 Å². The Hall–Kier alpha value is -0.440. The molecule has 0 aliphatic rings. The molecule has 0 fully saturated rings. The predicted octanol–water partition coefficient (Wildman–Crippen LogP) is 0.997. The van der Waals surface area contributed by atoms with Gasteiger partial charge in [-0.05, 0) is 13.3 Å². The molecule has 0 heterocycles. The van der Waals surface area contributed by atoms with E-state index >= 15 is 0 Å². The van der Waals surface area contributed by atoms with Crippen LogP contribution in [0.1, 0.15) is 13.3 Å². The topological polar surface area (TPSA) is 29.1 Å². The average molecular weight is 159 g/mol. The molecule has 0 spiro atoms. The van der Waals surface area contributed by atoms with Crippen molar-refractivity contribution in [1.82, 2.24) is 5.32 Å². The predicted molar refractivity (Wildman–Crippen MR) is 46.3 cm³/mol. The van der Waals surface area contributed by atoms with Gasteiger partial charge in [-0.2, -0.15) is 12.6 Å². The molecular weight excluding hydrogens is 146 g/mol. The largest absolute Gasteiger partial charge is 0.355 e. The summed E-state index contributed by atoms with van der Waals surface area (Å²) in [5, 5.41) is 2.48. The van der Waals surface area contributed by atoms with E-state index in [2.05, 4.69) is 24.5 Å². The second-order valence-corrected chi connectivity index (χ2v) is 2.82. The Morgan fingerprint density at radius 3 is 2.90 bits per heavy atom. The molecule has 0 aliphatic heterocycles. The van der Waals surface area contributed by atoms with Gasteiger partial charge in [0.05, 0.1) is 5.25 Å². The lowest BCUT2D eigenvalue weighted by atomic mass is 10.4. The van der Waals surface area contributed by atoms with E-state index in [-0.39, 0.29) is 11.2 Å². The highest BCUT2D eigenvalue weighted by Crippen LogP contribution is 1.90. The summed E-state index contributed by atoms with van der Waals surface area (Å²) in [7, 11) is 0. The van der Waals surface area contributed by atoms with Gasteiger partial charge in [-0.15, -0.1) is 6.58 Å². The van der Waals surface area contributed by atoms with E-state index in [1.807, 2.05) is 0 Å². The monoisotopic (exact) mass is 159 g/mol. The summed E-state index contributed by atoms with van der Waals surface area (Å²) in [6.07, 6.45) is 2.58. The van der Waals surface area contributed by atoms with Crippen molar-refractivity contribution >= 4 is 18.5 Å². The highest BCUT2D eigenvalue weighted by atomic mass is 32.1. The Morgan fingerprint density at radius 1 is 1.90 bits per heavy atom. The van der Waals surface area contributed by atoms with Crippen LogP contribution >= 0.6 is 12.6 Å². The molecule has 0 saturated heterocycles. The Kier molecular flexibility index (Phi) is 5.12. The van der Waals surface area contributed by atoms with Crippen LogP contribution < -0.4 is 5.32 Å². The third kappa shape index (κ3) is 4.44. The fourth-order valence-electron chi connectivity index (χ4n) is 0.445. The van der Waals surface area contributed by atoms with Gasteiger partial charge >= 0.3 is 0 Å². The van der Waals surface area contributed by atoms with Crippen molar-refractivity contribution in [2.45, 2.75) is 18.6 Å². The molecule has 0 aromatic rings. The minimum Gasteiger partial charge on any atom is -0.355 e. The summed E-state index contributed by atoms with van der Waals surface area (Å²) in [5.41, 5.74) is 0. The minimum absolute atomic E-state index is 0.0230. The number of hydrogen-bond acceptors (Lipinski definition) is 2. The molecule has 1 atom stereocenters. The van der Waals surface area contributed by atoms with Crippen LogP contribution in [0, 0.1) is 0 Å². The lowest BCUT2D eigenvalue weighted by Crippen LogP contribution is -2.30. The highest BCUT2D eigenvalue weighted by Gasteiger charge is 2.04. The van der Waals surface area contributed by atoms with Crippen LogP contribution in [-0.4, -0.2) is 17.7 Å². The lowest BCUT2D eigenvalue weighted by Gasteiger charge is -2.04. The van der Waals surface area contributed by atoms with Crippen LogP contribution in [0.2, 0.25) is 0 Å². The van der Waals surface area contributed by atoms with Gasteiger partial charge in [-0.1, -0.05) is 6.08 Å². The molecule has 0 aromatic carbocycles. The average Bonchev–Trinajstić information content (AvgIpc) is 1.88. The first-order chi connectivity index (χ1) is 4.68. The maximum Gasteiger partial charge on any atom is 0.232 e.